The zero-order chi connectivity index (χ0) is 21.1. The van der Waals surface area contributed by atoms with Gasteiger partial charge in [0.05, 0.1) is 27.0 Å². The van der Waals surface area contributed by atoms with Gasteiger partial charge < -0.3 is 21.2 Å². The van der Waals surface area contributed by atoms with Gasteiger partial charge in [-0.25, -0.2) is 4.39 Å². The summed E-state index contributed by atoms with van der Waals surface area (Å²) in [5, 5.41) is 9.35. The van der Waals surface area contributed by atoms with Gasteiger partial charge in [0.15, 0.2) is 6.10 Å². The van der Waals surface area contributed by atoms with E-state index in [0.29, 0.717) is 15.4 Å². The molecule has 0 fully saturated rings. The van der Waals surface area contributed by atoms with Crippen molar-refractivity contribution in [3.05, 3.63) is 51.1 Å². The Morgan fingerprint density at radius 3 is 2.76 bits per heavy atom. The van der Waals surface area contributed by atoms with Crippen molar-refractivity contribution in [3.63, 3.8) is 0 Å². The Hall–Kier alpha value is -2.98. The molecule has 0 saturated carbocycles. The van der Waals surface area contributed by atoms with Gasteiger partial charge in [-0.3, -0.25) is 14.4 Å². The smallest absolute Gasteiger partial charge is 0.266 e. The summed E-state index contributed by atoms with van der Waals surface area (Å²) < 4.78 is 13.1. The Labute approximate surface area is 173 Å². The molecule has 0 aliphatic carbocycles. The molecule has 3 amide bonds. The summed E-state index contributed by atoms with van der Waals surface area (Å²) in [5.74, 6) is -2.07. The first kappa shape index (κ1) is 20.7. The highest BCUT2D eigenvalue weighted by atomic mass is 35.5. The fourth-order valence-electron chi connectivity index (χ4n) is 2.59. The summed E-state index contributed by atoms with van der Waals surface area (Å²) in [6.07, 6.45) is -0.250. The molecular weight excluding hydrogens is 423 g/mol. The first-order chi connectivity index (χ1) is 13.7. The molecule has 3 rings (SSSR count). The summed E-state index contributed by atoms with van der Waals surface area (Å²) in [4.78, 5) is 41.3. The van der Waals surface area contributed by atoms with Crippen molar-refractivity contribution in [1.29, 1.82) is 0 Å². The molecule has 0 saturated heterocycles. The van der Waals surface area contributed by atoms with Crippen molar-refractivity contribution in [2.75, 3.05) is 11.9 Å². The third kappa shape index (κ3) is 4.90. The predicted octanol–water partition coefficient (Wildman–Crippen LogP) is 2.46. The molecule has 0 radical (unpaired) electrons. The summed E-state index contributed by atoms with van der Waals surface area (Å²) in [5.41, 5.74) is 6.04. The lowest BCUT2D eigenvalue weighted by Gasteiger charge is -2.09. The zero-order valence-corrected chi connectivity index (χ0v) is 16.7. The average Bonchev–Trinajstić information content (AvgIpc) is 3.26. The number of rotatable bonds is 6. The molecule has 8 nitrogen and oxygen atoms in total. The molecule has 29 heavy (non-hydrogen) atoms. The highest BCUT2D eigenvalue weighted by molar-refractivity contribution is 7.18. The lowest BCUT2D eigenvalue weighted by atomic mass is 10.1. The van der Waals surface area contributed by atoms with E-state index >= 15 is 0 Å². The third-order valence-corrected chi connectivity index (χ3v) is 5.51. The van der Waals surface area contributed by atoms with Gasteiger partial charge in [0.2, 0.25) is 0 Å². The zero-order valence-electron chi connectivity index (χ0n) is 15.1. The first-order valence-corrected chi connectivity index (χ1v) is 9.61. The van der Waals surface area contributed by atoms with Gasteiger partial charge in [-0.05, 0) is 36.8 Å². The van der Waals surface area contributed by atoms with Crippen molar-refractivity contribution >= 4 is 51.4 Å². The van der Waals surface area contributed by atoms with Crippen molar-refractivity contribution in [2.24, 2.45) is 10.9 Å². The van der Waals surface area contributed by atoms with Crippen LogP contribution in [0.2, 0.25) is 5.02 Å². The van der Waals surface area contributed by atoms with Crippen LogP contribution in [0.15, 0.2) is 29.4 Å². The van der Waals surface area contributed by atoms with E-state index in [1.54, 1.807) is 13.0 Å². The molecule has 0 spiro atoms. The number of nitrogens with one attached hydrogen (secondary N) is 2. The van der Waals surface area contributed by atoms with Crippen LogP contribution in [0.4, 0.5) is 9.39 Å². The lowest BCUT2D eigenvalue weighted by Crippen LogP contribution is -2.33. The molecular formula is C18H16ClFN4O4S. The molecule has 2 heterocycles. The Balaban J connectivity index is 1.60. The summed E-state index contributed by atoms with van der Waals surface area (Å²) in [6.45, 7) is 1.87. The second-order valence-corrected chi connectivity index (χ2v) is 7.70. The van der Waals surface area contributed by atoms with Crippen molar-refractivity contribution < 1.29 is 23.6 Å². The van der Waals surface area contributed by atoms with Crippen LogP contribution in [0.1, 0.15) is 32.0 Å². The van der Waals surface area contributed by atoms with Gasteiger partial charge in [-0.15, -0.1) is 11.3 Å². The molecule has 1 atom stereocenters. The van der Waals surface area contributed by atoms with Crippen LogP contribution < -0.4 is 16.4 Å². The second kappa shape index (κ2) is 8.58. The highest BCUT2D eigenvalue weighted by Crippen LogP contribution is 2.28. The maximum atomic E-state index is 13.1. The van der Waals surface area contributed by atoms with Gasteiger partial charge in [0.1, 0.15) is 11.5 Å². The number of benzene rings is 1. The van der Waals surface area contributed by atoms with Gasteiger partial charge >= 0.3 is 0 Å². The van der Waals surface area contributed by atoms with E-state index in [2.05, 4.69) is 15.8 Å². The fourth-order valence-corrected chi connectivity index (χ4v) is 3.83. The minimum Gasteiger partial charge on any atom is -0.390 e. The molecule has 1 aromatic carbocycles. The molecule has 152 valence electrons. The van der Waals surface area contributed by atoms with Crippen molar-refractivity contribution in [3.8, 4) is 0 Å². The van der Waals surface area contributed by atoms with Gasteiger partial charge in [-0.1, -0.05) is 16.8 Å². The van der Waals surface area contributed by atoms with Gasteiger partial charge in [0, 0.05) is 6.42 Å². The number of oxime groups is 1. The molecule has 1 aliphatic rings. The summed E-state index contributed by atoms with van der Waals surface area (Å²) in [7, 11) is 0. The average molecular weight is 439 g/mol. The minimum atomic E-state index is -0.658. The molecule has 4 N–H and O–H groups in total. The third-order valence-electron chi connectivity index (χ3n) is 4.04. The number of anilines is 1. The largest absolute Gasteiger partial charge is 0.390 e. The number of primary amides is 1. The van der Waals surface area contributed by atoms with Crippen molar-refractivity contribution in [1.82, 2.24) is 5.32 Å². The van der Waals surface area contributed by atoms with Gasteiger partial charge in [-0.2, -0.15) is 0 Å². The normalized spacial score (nSPS) is 15.4. The predicted molar refractivity (Wildman–Crippen MR) is 107 cm³/mol. The van der Waals surface area contributed by atoms with Crippen LogP contribution >= 0.6 is 22.9 Å². The van der Waals surface area contributed by atoms with E-state index in [1.165, 1.54) is 6.07 Å². The van der Waals surface area contributed by atoms with Crippen LogP contribution in [0.25, 0.3) is 0 Å². The Morgan fingerprint density at radius 2 is 2.10 bits per heavy atom. The van der Waals surface area contributed by atoms with Crippen LogP contribution in [-0.2, 0) is 9.63 Å². The summed E-state index contributed by atoms with van der Waals surface area (Å²) >= 11 is 6.98. The Kier molecular flexibility index (Phi) is 6.14. The van der Waals surface area contributed by atoms with E-state index in [9.17, 15) is 18.8 Å². The second-order valence-electron chi connectivity index (χ2n) is 6.24. The number of hydrogen-bond acceptors (Lipinski definition) is 6. The van der Waals surface area contributed by atoms with Gasteiger partial charge in [0.25, 0.3) is 17.7 Å². The standard InChI is InChI=1S/C18H16ClFN4O4S/c1-8-4-14(23-17(26)11-3-2-9(20)5-12(11)19)29-15(8)18(27)22-7-10-6-13(16(21)25)24-28-10/h2-5,10H,6-7H2,1H3,(H2,21,25)(H,22,27)(H,23,26)/t10-/m1/s1. The van der Waals surface area contributed by atoms with Crippen molar-refractivity contribution in [2.45, 2.75) is 19.4 Å². The van der Waals surface area contributed by atoms with E-state index in [0.717, 1.165) is 23.5 Å². The Morgan fingerprint density at radius 1 is 1.34 bits per heavy atom. The molecule has 1 aromatic heterocycles. The summed E-state index contributed by atoms with van der Waals surface area (Å²) in [6, 6.07) is 5.12. The number of amides is 3. The van der Waals surface area contributed by atoms with Crippen LogP contribution in [0.3, 0.4) is 0 Å². The number of carbonyl (C=O) groups excluding carboxylic acids is 3. The number of thiophene rings is 1. The SMILES string of the molecule is Cc1cc(NC(=O)c2ccc(F)cc2Cl)sc1C(=O)NC[C@H]1CC(C(N)=O)=NO1. The van der Waals surface area contributed by atoms with E-state index < -0.39 is 23.7 Å². The topological polar surface area (TPSA) is 123 Å². The van der Waals surface area contributed by atoms with E-state index in [1.807, 2.05) is 0 Å². The Bertz CT molecular complexity index is 1020. The quantitative estimate of drug-likeness (QED) is 0.641. The van der Waals surface area contributed by atoms with Crippen LogP contribution in [0.5, 0.6) is 0 Å². The van der Waals surface area contributed by atoms with E-state index in [4.69, 9.17) is 22.2 Å². The highest BCUT2D eigenvalue weighted by Gasteiger charge is 2.25. The molecule has 0 unspecified atom stereocenters. The molecule has 1 aliphatic heterocycles. The number of nitrogens with zero attached hydrogens (tertiary/aromatic N) is 1. The number of halogens is 2. The molecule has 11 heteroatoms. The molecule has 0 bridgehead atoms. The maximum Gasteiger partial charge on any atom is 0.266 e. The maximum absolute atomic E-state index is 13.1. The number of aryl methyl sites for hydroxylation is 1. The van der Waals surface area contributed by atoms with E-state index in [-0.39, 0.29) is 35.2 Å². The number of hydrogen-bond donors (Lipinski definition) is 3. The first-order valence-electron chi connectivity index (χ1n) is 8.42. The van der Waals surface area contributed by atoms with Crippen LogP contribution in [0, 0.1) is 12.7 Å². The monoisotopic (exact) mass is 438 g/mol. The lowest BCUT2D eigenvalue weighted by molar-refractivity contribution is -0.112. The number of carbonyl (C=O) groups is 3. The fraction of sp³-hybridized carbons (Fsp3) is 0.222. The number of nitrogens with two attached hydrogens (primary N) is 1. The minimum absolute atomic E-state index is 0.0112. The molecule has 2 aromatic rings. The van der Waals surface area contributed by atoms with Crippen LogP contribution in [-0.4, -0.2) is 36.1 Å².